The number of benzene rings is 1. The molecule has 0 saturated carbocycles. The Morgan fingerprint density at radius 1 is 1.29 bits per heavy atom. The molecule has 0 spiro atoms. The fraction of sp³-hybridized carbons (Fsp3) is 0.600. The molecule has 17 heavy (non-hydrogen) atoms. The summed E-state index contributed by atoms with van der Waals surface area (Å²) in [6, 6.07) is 6.78. The molecule has 0 radical (unpaired) electrons. The third kappa shape index (κ3) is 3.04. The van der Waals surface area contributed by atoms with Crippen molar-refractivity contribution in [3.8, 4) is 0 Å². The third-order valence-corrected chi connectivity index (χ3v) is 4.18. The molecule has 1 atom stereocenters. The Balaban J connectivity index is 2.29. The lowest BCUT2D eigenvalue weighted by molar-refractivity contribution is 0.662. The summed E-state index contributed by atoms with van der Waals surface area (Å²) in [5, 5.41) is 0. The van der Waals surface area contributed by atoms with E-state index in [4.69, 9.17) is 0 Å². The fourth-order valence-electron chi connectivity index (χ4n) is 2.75. The van der Waals surface area contributed by atoms with Crippen LogP contribution in [0, 0.1) is 0 Å². The topological polar surface area (TPSA) is 3.24 Å². The van der Waals surface area contributed by atoms with E-state index in [1.165, 1.54) is 54.5 Å². The molecule has 0 aliphatic carbocycles. The van der Waals surface area contributed by atoms with E-state index in [-0.39, 0.29) is 0 Å². The van der Waals surface area contributed by atoms with Gasteiger partial charge in [-0.3, -0.25) is 0 Å². The summed E-state index contributed by atoms with van der Waals surface area (Å²) >= 11 is 3.61. The van der Waals surface area contributed by atoms with Crippen molar-refractivity contribution < 1.29 is 0 Å². The second-order valence-electron chi connectivity index (χ2n) is 5.09. The summed E-state index contributed by atoms with van der Waals surface area (Å²) in [5.41, 5.74) is 2.98. The van der Waals surface area contributed by atoms with Crippen molar-refractivity contribution in [3.63, 3.8) is 0 Å². The first-order valence-electron chi connectivity index (χ1n) is 6.76. The van der Waals surface area contributed by atoms with E-state index >= 15 is 0 Å². The van der Waals surface area contributed by atoms with Crippen LogP contribution in [0.5, 0.6) is 0 Å². The molecule has 1 saturated heterocycles. The molecular formula is C15H22BrN. The third-order valence-electron chi connectivity index (χ3n) is 3.69. The van der Waals surface area contributed by atoms with Gasteiger partial charge in [0.25, 0.3) is 0 Å². The van der Waals surface area contributed by atoms with Crippen LogP contribution in [-0.2, 0) is 0 Å². The van der Waals surface area contributed by atoms with Crippen molar-refractivity contribution in [1.82, 2.24) is 0 Å². The molecule has 1 aromatic rings. The molecule has 0 amide bonds. The molecule has 1 fully saturated rings. The number of hydrogen-bond acceptors (Lipinski definition) is 1. The Bertz CT molecular complexity index is 369. The zero-order valence-electron chi connectivity index (χ0n) is 10.9. The van der Waals surface area contributed by atoms with Gasteiger partial charge in [0.1, 0.15) is 0 Å². The average molecular weight is 296 g/mol. The van der Waals surface area contributed by atoms with E-state index < -0.39 is 0 Å². The number of anilines is 1. The monoisotopic (exact) mass is 295 g/mol. The van der Waals surface area contributed by atoms with Crippen LogP contribution >= 0.6 is 15.9 Å². The molecule has 1 aliphatic rings. The van der Waals surface area contributed by atoms with Gasteiger partial charge in [0.05, 0.1) is 0 Å². The molecule has 0 N–H and O–H groups in total. The van der Waals surface area contributed by atoms with E-state index in [1.54, 1.807) is 0 Å². The minimum Gasteiger partial charge on any atom is -0.371 e. The number of hydrogen-bond donors (Lipinski definition) is 0. The van der Waals surface area contributed by atoms with Gasteiger partial charge in [-0.15, -0.1) is 0 Å². The lowest BCUT2D eigenvalue weighted by Gasteiger charge is -2.24. The summed E-state index contributed by atoms with van der Waals surface area (Å²) in [6.07, 6.45) is 5.22. The lowest BCUT2D eigenvalue weighted by atomic mass is 9.94. The van der Waals surface area contributed by atoms with Crippen molar-refractivity contribution in [2.24, 2.45) is 0 Å². The minimum atomic E-state index is 0.660. The van der Waals surface area contributed by atoms with E-state index in [1.807, 2.05) is 0 Å². The maximum atomic E-state index is 3.61. The van der Waals surface area contributed by atoms with Crippen LogP contribution in [0.25, 0.3) is 0 Å². The van der Waals surface area contributed by atoms with Gasteiger partial charge in [-0.05, 0) is 48.9 Å². The highest BCUT2D eigenvalue weighted by atomic mass is 79.9. The summed E-state index contributed by atoms with van der Waals surface area (Å²) in [5.74, 6) is 0.660. The molecule has 1 aromatic carbocycles. The molecule has 2 rings (SSSR count). The van der Waals surface area contributed by atoms with E-state index in [0.29, 0.717) is 5.92 Å². The summed E-state index contributed by atoms with van der Waals surface area (Å²) < 4.78 is 1.21. The molecule has 1 aliphatic heterocycles. The Morgan fingerprint density at radius 2 is 2.00 bits per heavy atom. The SMILES string of the molecule is CCCC(C)c1cc(Br)ccc1N1CCCC1. The van der Waals surface area contributed by atoms with Crippen molar-refractivity contribution in [2.45, 2.75) is 45.4 Å². The highest BCUT2D eigenvalue weighted by molar-refractivity contribution is 9.10. The highest BCUT2D eigenvalue weighted by Gasteiger charge is 2.18. The predicted octanol–water partition coefficient (Wildman–Crippen LogP) is 4.95. The maximum absolute atomic E-state index is 3.61. The summed E-state index contributed by atoms with van der Waals surface area (Å²) in [7, 11) is 0. The first-order valence-corrected chi connectivity index (χ1v) is 7.56. The normalized spacial score (nSPS) is 17.5. The number of rotatable bonds is 4. The number of nitrogens with zero attached hydrogens (tertiary/aromatic N) is 1. The van der Waals surface area contributed by atoms with Crippen LogP contribution in [0.2, 0.25) is 0 Å². The van der Waals surface area contributed by atoms with Crippen LogP contribution in [0.15, 0.2) is 22.7 Å². The fourth-order valence-corrected chi connectivity index (χ4v) is 3.13. The Hall–Kier alpha value is -0.500. The first kappa shape index (κ1) is 12.9. The molecule has 2 heteroatoms. The number of halogens is 1. The molecule has 0 bridgehead atoms. The van der Waals surface area contributed by atoms with Gasteiger partial charge < -0.3 is 4.90 Å². The van der Waals surface area contributed by atoms with E-state index in [9.17, 15) is 0 Å². The van der Waals surface area contributed by atoms with Crippen LogP contribution in [0.3, 0.4) is 0 Å². The summed E-state index contributed by atoms with van der Waals surface area (Å²) in [6.45, 7) is 7.08. The van der Waals surface area contributed by atoms with Crippen molar-refractivity contribution in [3.05, 3.63) is 28.2 Å². The Kier molecular flexibility index (Phi) is 4.49. The lowest BCUT2D eigenvalue weighted by Crippen LogP contribution is -2.19. The second kappa shape index (κ2) is 5.90. The molecular weight excluding hydrogens is 274 g/mol. The smallest absolute Gasteiger partial charge is 0.0402 e. The molecule has 1 unspecified atom stereocenters. The van der Waals surface area contributed by atoms with Gasteiger partial charge in [-0.2, -0.15) is 0 Å². The van der Waals surface area contributed by atoms with Crippen LogP contribution in [0.4, 0.5) is 5.69 Å². The maximum Gasteiger partial charge on any atom is 0.0402 e. The van der Waals surface area contributed by atoms with E-state index in [2.05, 4.69) is 52.9 Å². The van der Waals surface area contributed by atoms with Crippen molar-refractivity contribution >= 4 is 21.6 Å². The quantitative estimate of drug-likeness (QED) is 0.759. The van der Waals surface area contributed by atoms with Crippen LogP contribution < -0.4 is 4.90 Å². The van der Waals surface area contributed by atoms with E-state index in [0.717, 1.165) is 0 Å². The average Bonchev–Trinajstić information content (AvgIpc) is 2.82. The van der Waals surface area contributed by atoms with Crippen LogP contribution in [0.1, 0.15) is 51.0 Å². The second-order valence-corrected chi connectivity index (χ2v) is 6.00. The minimum absolute atomic E-state index is 0.660. The Labute approximate surface area is 113 Å². The zero-order chi connectivity index (χ0) is 12.3. The largest absolute Gasteiger partial charge is 0.371 e. The molecule has 1 nitrogen and oxygen atoms in total. The Morgan fingerprint density at radius 3 is 2.65 bits per heavy atom. The van der Waals surface area contributed by atoms with Gasteiger partial charge in [-0.25, -0.2) is 0 Å². The summed E-state index contributed by atoms with van der Waals surface area (Å²) in [4.78, 5) is 2.55. The van der Waals surface area contributed by atoms with Crippen LogP contribution in [-0.4, -0.2) is 13.1 Å². The van der Waals surface area contributed by atoms with Gasteiger partial charge in [0.15, 0.2) is 0 Å². The zero-order valence-corrected chi connectivity index (χ0v) is 12.5. The predicted molar refractivity (Wildman–Crippen MR) is 78.9 cm³/mol. The standard InChI is InChI=1S/C15H22BrN/c1-3-6-12(2)14-11-13(16)7-8-15(14)17-9-4-5-10-17/h7-8,11-12H,3-6,9-10H2,1-2H3. The first-order chi connectivity index (χ1) is 8.22. The highest BCUT2D eigenvalue weighted by Crippen LogP contribution is 2.34. The van der Waals surface area contributed by atoms with Gasteiger partial charge in [0, 0.05) is 23.2 Å². The van der Waals surface area contributed by atoms with Gasteiger partial charge >= 0.3 is 0 Å². The van der Waals surface area contributed by atoms with Gasteiger partial charge in [-0.1, -0.05) is 36.2 Å². The van der Waals surface area contributed by atoms with Gasteiger partial charge in [0.2, 0.25) is 0 Å². The van der Waals surface area contributed by atoms with Crippen molar-refractivity contribution in [2.75, 3.05) is 18.0 Å². The molecule has 94 valence electrons. The van der Waals surface area contributed by atoms with Crippen molar-refractivity contribution in [1.29, 1.82) is 0 Å². The molecule has 0 aromatic heterocycles. The molecule has 1 heterocycles.